The van der Waals surface area contributed by atoms with Gasteiger partial charge in [0.15, 0.2) is 0 Å². The zero-order valence-corrected chi connectivity index (χ0v) is 12.9. The molecule has 0 saturated heterocycles. The van der Waals surface area contributed by atoms with Crippen LogP contribution in [-0.4, -0.2) is 12.5 Å². The molecule has 5 heteroatoms. The first-order valence-electron chi connectivity index (χ1n) is 7.10. The highest BCUT2D eigenvalue weighted by molar-refractivity contribution is 6.30. The zero-order chi connectivity index (χ0) is 15.8. The van der Waals surface area contributed by atoms with Crippen molar-refractivity contribution in [2.45, 2.75) is 19.5 Å². The van der Waals surface area contributed by atoms with Crippen LogP contribution in [0.5, 0.6) is 0 Å². The molecule has 0 saturated carbocycles. The molecule has 0 fully saturated rings. The number of carbonyl (C=O) groups is 1. The fourth-order valence-electron chi connectivity index (χ4n) is 1.96. The van der Waals surface area contributed by atoms with Crippen LogP contribution >= 0.6 is 11.6 Å². The van der Waals surface area contributed by atoms with Gasteiger partial charge in [0.1, 0.15) is 5.82 Å². The first-order chi connectivity index (χ1) is 10.6. The highest BCUT2D eigenvalue weighted by Gasteiger charge is 2.03. The third kappa shape index (κ3) is 5.47. The Hall–Kier alpha value is -1.91. The third-order valence-corrected chi connectivity index (χ3v) is 3.46. The average Bonchev–Trinajstić information content (AvgIpc) is 2.52. The van der Waals surface area contributed by atoms with Crippen LogP contribution < -0.4 is 10.6 Å². The van der Waals surface area contributed by atoms with Crippen LogP contribution in [0.2, 0.25) is 5.02 Å². The predicted octanol–water partition coefficient (Wildman–Crippen LogP) is 3.28. The van der Waals surface area contributed by atoms with Gasteiger partial charge in [-0.05, 0) is 23.8 Å². The van der Waals surface area contributed by atoms with Gasteiger partial charge in [0.25, 0.3) is 0 Å². The van der Waals surface area contributed by atoms with E-state index < -0.39 is 0 Å². The molecule has 0 radical (unpaired) electrons. The SMILES string of the molecule is O=C(CCNCc1ccccc1F)NCc1ccc(Cl)cc1. The second-order valence-electron chi connectivity index (χ2n) is 4.92. The number of amides is 1. The van der Waals surface area contributed by atoms with E-state index in [4.69, 9.17) is 11.6 Å². The van der Waals surface area contributed by atoms with Gasteiger partial charge in [0, 0.05) is 36.6 Å². The number of halogens is 2. The van der Waals surface area contributed by atoms with Crippen molar-refractivity contribution in [3.05, 3.63) is 70.5 Å². The van der Waals surface area contributed by atoms with E-state index in [0.717, 1.165) is 5.56 Å². The molecular formula is C17H18ClFN2O. The Kier molecular flexibility index (Phi) is 6.37. The van der Waals surface area contributed by atoms with Gasteiger partial charge in [0.2, 0.25) is 5.91 Å². The molecule has 0 spiro atoms. The molecule has 116 valence electrons. The fourth-order valence-corrected chi connectivity index (χ4v) is 2.08. The van der Waals surface area contributed by atoms with Crippen molar-refractivity contribution >= 4 is 17.5 Å². The van der Waals surface area contributed by atoms with E-state index in [9.17, 15) is 9.18 Å². The smallest absolute Gasteiger partial charge is 0.221 e. The summed E-state index contributed by atoms with van der Waals surface area (Å²) in [6.45, 7) is 1.39. The summed E-state index contributed by atoms with van der Waals surface area (Å²) in [5, 5.41) is 6.57. The molecular weight excluding hydrogens is 303 g/mol. The zero-order valence-electron chi connectivity index (χ0n) is 12.1. The molecule has 0 aliphatic rings. The summed E-state index contributed by atoms with van der Waals surface area (Å²) in [6.07, 6.45) is 0.349. The second-order valence-corrected chi connectivity index (χ2v) is 5.36. The molecule has 2 rings (SSSR count). The maximum atomic E-state index is 13.4. The topological polar surface area (TPSA) is 41.1 Å². The molecule has 0 unspecified atom stereocenters. The molecule has 22 heavy (non-hydrogen) atoms. The Morgan fingerprint density at radius 2 is 1.77 bits per heavy atom. The molecule has 1 amide bonds. The number of hydrogen-bond donors (Lipinski definition) is 2. The van der Waals surface area contributed by atoms with E-state index in [1.54, 1.807) is 30.3 Å². The number of benzene rings is 2. The molecule has 3 nitrogen and oxygen atoms in total. The van der Waals surface area contributed by atoms with Gasteiger partial charge in [-0.1, -0.05) is 41.9 Å². The molecule has 0 aliphatic carbocycles. The normalized spacial score (nSPS) is 10.5. The molecule has 0 heterocycles. The van der Waals surface area contributed by atoms with Gasteiger partial charge in [-0.2, -0.15) is 0 Å². The largest absolute Gasteiger partial charge is 0.352 e. The predicted molar refractivity (Wildman–Crippen MR) is 86.0 cm³/mol. The maximum absolute atomic E-state index is 13.4. The quantitative estimate of drug-likeness (QED) is 0.769. The van der Waals surface area contributed by atoms with Crippen molar-refractivity contribution in [2.24, 2.45) is 0 Å². The summed E-state index contributed by atoms with van der Waals surface area (Å²) in [6, 6.07) is 13.9. The Labute approximate surface area is 134 Å². The summed E-state index contributed by atoms with van der Waals surface area (Å²) >= 11 is 5.80. The third-order valence-electron chi connectivity index (χ3n) is 3.21. The maximum Gasteiger partial charge on any atom is 0.221 e. The Balaban J connectivity index is 1.64. The van der Waals surface area contributed by atoms with E-state index in [1.807, 2.05) is 12.1 Å². The number of nitrogens with one attached hydrogen (secondary N) is 2. The molecule has 0 aliphatic heterocycles. The van der Waals surface area contributed by atoms with Crippen LogP contribution in [0, 0.1) is 5.82 Å². The van der Waals surface area contributed by atoms with Gasteiger partial charge in [0.05, 0.1) is 0 Å². The monoisotopic (exact) mass is 320 g/mol. The summed E-state index contributed by atoms with van der Waals surface area (Å²) in [5.41, 5.74) is 1.60. The molecule has 0 bridgehead atoms. The minimum absolute atomic E-state index is 0.0454. The lowest BCUT2D eigenvalue weighted by molar-refractivity contribution is -0.121. The molecule has 2 N–H and O–H groups in total. The fraction of sp³-hybridized carbons (Fsp3) is 0.235. The van der Waals surface area contributed by atoms with Crippen molar-refractivity contribution < 1.29 is 9.18 Å². The van der Waals surface area contributed by atoms with E-state index in [0.29, 0.717) is 36.6 Å². The Morgan fingerprint density at radius 1 is 1.05 bits per heavy atom. The number of carbonyl (C=O) groups excluding carboxylic acids is 1. The standard InChI is InChI=1S/C17H18ClFN2O/c18-15-7-5-13(6-8-15)11-21-17(22)9-10-20-12-14-3-1-2-4-16(14)19/h1-8,20H,9-12H2,(H,21,22). The lowest BCUT2D eigenvalue weighted by Crippen LogP contribution is -2.27. The van der Waals surface area contributed by atoms with E-state index >= 15 is 0 Å². The van der Waals surface area contributed by atoms with Crippen molar-refractivity contribution in [3.8, 4) is 0 Å². The first-order valence-corrected chi connectivity index (χ1v) is 7.48. The Morgan fingerprint density at radius 3 is 2.50 bits per heavy atom. The lowest BCUT2D eigenvalue weighted by atomic mass is 10.2. The highest BCUT2D eigenvalue weighted by atomic mass is 35.5. The molecule has 2 aromatic carbocycles. The summed E-state index contributed by atoms with van der Waals surface area (Å²) in [7, 11) is 0. The average molecular weight is 321 g/mol. The van der Waals surface area contributed by atoms with Gasteiger partial charge < -0.3 is 10.6 Å². The molecule has 2 aromatic rings. The van der Waals surface area contributed by atoms with Crippen molar-refractivity contribution in [1.29, 1.82) is 0 Å². The van der Waals surface area contributed by atoms with Crippen molar-refractivity contribution in [2.75, 3.05) is 6.54 Å². The van der Waals surface area contributed by atoms with Crippen LogP contribution in [0.4, 0.5) is 4.39 Å². The van der Waals surface area contributed by atoms with Gasteiger partial charge in [-0.15, -0.1) is 0 Å². The molecule has 0 atom stereocenters. The van der Waals surface area contributed by atoms with Crippen LogP contribution in [0.15, 0.2) is 48.5 Å². The van der Waals surface area contributed by atoms with Crippen LogP contribution in [0.1, 0.15) is 17.5 Å². The van der Waals surface area contributed by atoms with Crippen molar-refractivity contribution in [1.82, 2.24) is 10.6 Å². The van der Waals surface area contributed by atoms with Crippen LogP contribution in [0.25, 0.3) is 0 Å². The van der Waals surface area contributed by atoms with Crippen LogP contribution in [-0.2, 0) is 17.9 Å². The number of hydrogen-bond acceptors (Lipinski definition) is 2. The summed E-state index contributed by atoms with van der Waals surface area (Å²) in [4.78, 5) is 11.7. The lowest BCUT2D eigenvalue weighted by Gasteiger charge is -2.07. The highest BCUT2D eigenvalue weighted by Crippen LogP contribution is 2.09. The minimum Gasteiger partial charge on any atom is -0.352 e. The second kappa shape index (κ2) is 8.51. The van der Waals surface area contributed by atoms with E-state index in [1.165, 1.54) is 6.07 Å². The number of rotatable bonds is 7. The summed E-state index contributed by atoms with van der Waals surface area (Å²) < 4.78 is 13.4. The summed E-state index contributed by atoms with van der Waals surface area (Å²) in [5.74, 6) is -0.279. The minimum atomic E-state index is -0.234. The van der Waals surface area contributed by atoms with Gasteiger partial charge in [-0.3, -0.25) is 4.79 Å². The van der Waals surface area contributed by atoms with Gasteiger partial charge >= 0.3 is 0 Å². The van der Waals surface area contributed by atoms with E-state index in [2.05, 4.69) is 10.6 Å². The first kappa shape index (κ1) is 16.5. The van der Waals surface area contributed by atoms with Gasteiger partial charge in [-0.25, -0.2) is 4.39 Å². The van der Waals surface area contributed by atoms with Crippen LogP contribution in [0.3, 0.4) is 0 Å². The Bertz CT molecular complexity index is 616. The van der Waals surface area contributed by atoms with Crippen molar-refractivity contribution in [3.63, 3.8) is 0 Å². The molecule has 0 aromatic heterocycles. The van der Waals surface area contributed by atoms with E-state index in [-0.39, 0.29) is 11.7 Å².